The Labute approximate surface area is 195 Å². The second kappa shape index (κ2) is 9.63. The van der Waals surface area contributed by atoms with E-state index in [-0.39, 0.29) is 17.5 Å². The van der Waals surface area contributed by atoms with Gasteiger partial charge in [-0.1, -0.05) is 54.1 Å². The third-order valence-electron chi connectivity index (χ3n) is 5.97. The van der Waals surface area contributed by atoms with Crippen molar-refractivity contribution < 1.29 is 8.42 Å². The molecule has 168 valence electrons. The van der Waals surface area contributed by atoms with Gasteiger partial charge in [-0.3, -0.25) is 4.90 Å². The molecule has 0 fully saturated rings. The molecule has 1 N–H and O–H groups in total. The predicted molar refractivity (Wildman–Crippen MR) is 131 cm³/mol. The molecule has 5 nitrogen and oxygen atoms in total. The number of sulfonamides is 1. The van der Waals surface area contributed by atoms with E-state index in [0.29, 0.717) is 5.02 Å². The van der Waals surface area contributed by atoms with Crippen molar-refractivity contribution in [1.29, 1.82) is 0 Å². The van der Waals surface area contributed by atoms with Gasteiger partial charge in [-0.25, -0.2) is 13.1 Å². The molecule has 0 radical (unpaired) electrons. The average Bonchev–Trinajstić information content (AvgIpc) is 2.79. The molecule has 0 saturated carbocycles. The highest BCUT2D eigenvalue weighted by Gasteiger charge is 2.27. The van der Waals surface area contributed by atoms with Gasteiger partial charge in [0.2, 0.25) is 10.0 Å². The van der Waals surface area contributed by atoms with Crippen LogP contribution in [0.25, 0.3) is 0 Å². The molecular weight excluding hydrogens is 442 g/mol. The van der Waals surface area contributed by atoms with Crippen LogP contribution in [-0.2, 0) is 23.0 Å². The van der Waals surface area contributed by atoms with Crippen LogP contribution in [-0.4, -0.2) is 40.5 Å². The van der Waals surface area contributed by atoms with E-state index in [1.807, 2.05) is 14.1 Å². The first-order valence-electron chi connectivity index (χ1n) is 10.7. The highest BCUT2D eigenvalue weighted by atomic mass is 35.5. The second-order valence-electron chi connectivity index (χ2n) is 8.30. The van der Waals surface area contributed by atoms with Crippen molar-refractivity contribution in [3.63, 3.8) is 0 Å². The van der Waals surface area contributed by atoms with Gasteiger partial charge in [-0.05, 0) is 53.4 Å². The first-order valence-corrected chi connectivity index (χ1v) is 12.5. The highest BCUT2D eigenvalue weighted by molar-refractivity contribution is 7.89. The Morgan fingerprint density at radius 2 is 1.72 bits per heavy atom. The molecule has 1 heterocycles. The van der Waals surface area contributed by atoms with Gasteiger partial charge in [0.1, 0.15) is 0 Å². The Balaban J connectivity index is 1.60. The van der Waals surface area contributed by atoms with Gasteiger partial charge < -0.3 is 4.90 Å². The summed E-state index contributed by atoms with van der Waals surface area (Å²) in [5, 5.41) is 0.399. The van der Waals surface area contributed by atoms with Gasteiger partial charge in [-0.2, -0.15) is 0 Å². The summed E-state index contributed by atoms with van der Waals surface area (Å²) in [6.45, 7) is 1.93. The van der Waals surface area contributed by atoms with E-state index in [0.717, 1.165) is 30.8 Å². The van der Waals surface area contributed by atoms with Crippen LogP contribution in [0, 0.1) is 0 Å². The van der Waals surface area contributed by atoms with Crippen LogP contribution < -0.4 is 9.62 Å². The molecule has 3 aromatic rings. The number of hydrogen-bond acceptors (Lipinski definition) is 4. The lowest BCUT2D eigenvalue weighted by molar-refractivity contribution is 0.180. The fraction of sp³-hybridized carbons (Fsp3) is 0.280. The summed E-state index contributed by atoms with van der Waals surface area (Å²) in [4.78, 5) is 4.58. The van der Waals surface area contributed by atoms with Gasteiger partial charge in [-0.15, -0.1) is 0 Å². The minimum Gasteiger partial charge on any atom is -0.378 e. The van der Waals surface area contributed by atoms with Crippen molar-refractivity contribution >= 4 is 27.3 Å². The van der Waals surface area contributed by atoms with E-state index in [9.17, 15) is 8.42 Å². The van der Waals surface area contributed by atoms with Crippen LogP contribution in [0.2, 0.25) is 5.02 Å². The number of nitrogens with zero attached hydrogens (tertiary/aromatic N) is 2. The number of benzene rings is 3. The zero-order valence-corrected chi connectivity index (χ0v) is 19.9. The smallest absolute Gasteiger partial charge is 0.240 e. The summed E-state index contributed by atoms with van der Waals surface area (Å²) in [6, 6.07) is 23.1. The Morgan fingerprint density at radius 3 is 2.41 bits per heavy atom. The number of anilines is 1. The van der Waals surface area contributed by atoms with Crippen LogP contribution >= 0.6 is 11.6 Å². The van der Waals surface area contributed by atoms with Crippen LogP contribution in [0.1, 0.15) is 22.7 Å². The maximum absolute atomic E-state index is 12.9. The van der Waals surface area contributed by atoms with E-state index >= 15 is 0 Å². The zero-order valence-electron chi connectivity index (χ0n) is 18.3. The Kier molecular flexibility index (Phi) is 6.86. The third-order valence-corrected chi connectivity index (χ3v) is 7.62. The Morgan fingerprint density at radius 1 is 1.00 bits per heavy atom. The lowest BCUT2D eigenvalue weighted by Crippen LogP contribution is -2.40. The van der Waals surface area contributed by atoms with Crippen molar-refractivity contribution in [3.8, 4) is 0 Å². The molecule has 0 bridgehead atoms. The molecule has 7 heteroatoms. The first-order chi connectivity index (χ1) is 15.3. The van der Waals surface area contributed by atoms with Crippen LogP contribution in [0.5, 0.6) is 0 Å². The van der Waals surface area contributed by atoms with Gasteiger partial charge >= 0.3 is 0 Å². The van der Waals surface area contributed by atoms with E-state index < -0.39 is 10.0 Å². The number of hydrogen-bond donors (Lipinski definition) is 1. The molecular formula is C25H28ClN3O2S. The summed E-state index contributed by atoms with van der Waals surface area (Å²) in [5.41, 5.74) is 4.86. The number of nitrogens with one attached hydrogen (secondary N) is 1. The molecule has 0 spiro atoms. The normalized spacial score (nSPS) is 15.2. The third kappa shape index (κ3) is 5.15. The predicted octanol–water partition coefficient (Wildman–Crippen LogP) is 4.48. The SMILES string of the molecule is CN(C)c1ccc([C@H](CNS(=O)(=O)c2cccc(Cl)c2)N2CCc3ccccc3C2)cc1. The van der Waals surface area contributed by atoms with E-state index in [2.05, 4.69) is 63.1 Å². The summed E-state index contributed by atoms with van der Waals surface area (Å²) < 4.78 is 28.7. The van der Waals surface area contributed by atoms with Gasteiger partial charge in [0.15, 0.2) is 0 Å². The fourth-order valence-electron chi connectivity index (χ4n) is 4.14. The molecule has 0 saturated heterocycles. The quantitative estimate of drug-likeness (QED) is 0.554. The summed E-state index contributed by atoms with van der Waals surface area (Å²) in [5.74, 6) is 0. The van der Waals surface area contributed by atoms with E-state index in [1.54, 1.807) is 18.2 Å². The second-order valence-corrected chi connectivity index (χ2v) is 10.5. The molecule has 0 unspecified atom stereocenters. The molecule has 32 heavy (non-hydrogen) atoms. The lowest BCUT2D eigenvalue weighted by Gasteiger charge is -2.36. The maximum atomic E-state index is 12.9. The molecule has 4 rings (SSSR count). The van der Waals surface area contributed by atoms with Gasteiger partial charge in [0, 0.05) is 50.5 Å². The van der Waals surface area contributed by atoms with Crippen molar-refractivity contribution in [2.75, 3.05) is 32.1 Å². The highest BCUT2D eigenvalue weighted by Crippen LogP contribution is 2.29. The average molecular weight is 470 g/mol. The Bertz CT molecular complexity index is 1180. The van der Waals surface area contributed by atoms with E-state index in [4.69, 9.17) is 11.6 Å². The van der Waals surface area contributed by atoms with Gasteiger partial charge in [0.25, 0.3) is 0 Å². The molecule has 0 aliphatic carbocycles. The largest absolute Gasteiger partial charge is 0.378 e. The van der Waals surface area contributed by atoms with Crippen LogP contribution in [0.15, 0.2) is 77.7 Å². The first kappa shape index (κ1) is 22.8. The molecule has 0 amide bonds. The minimum atomic E-state index is -3.68. The maximum Gasteiger partial charge on any atom is 0.240 e. The number of halogens is 1. The molecule has 3 aromatic carbocycles. The zero-order chi connectivity index (χ0) is 22.7. The van der Waals surface area contributed by atoms with Crippen molar-refractivity contribution in [2.24, 2.45) is 0 Å². The van der Waals surface area contributed by atoms with E-state index in [1.165, 1.54) is 17.2 Å². The number of rotatable bonds is 7. The standard InChI is InChI=1S/C25H28ClN3O2S/c1-28(2)23-12-10-20(11-13-23)25(29-15-14-19-6-3-4-7-21(19)18-29)17-27-32(30,31)24-9-5-8-22(26)16-24/h3-13,16,25,27H,14-15,17-18H2,1-2H3/t25-/m0/s1. The monoisotopic (exact) mass is 469 g/mol. The Hall–Kier alpha value is -2.38. The number of fused-ring (bicyclic) bond motifs is 1. The molecule has 1 atom stereocenters. The fourth-order valence-corrected chi connectivity index (χ4v) is 5.48. The molecule has 1 aliphatic heterocycles. The van der Waals surface area contributed by atoms with Crippen LogP contribution in [0.4, 0.5) is 5.69 Å². The van der Waals surface area contributed by atoms with Crippen LogP contribution in [0.3, 0.4) is 0 Å². The summed E-state index contributed by atoms with van der Waals surface area (Å²) in [6.07, 6.45) is 0.948. The molecule has 1 aliphatic rings. The van der Waals surface area contributed by atoms with Crippen molar-refractivity contribution in [1.82, 2.24) is 9.62 Å². The lowest BCUT2D eigenvalue weighted by atomic mass is 9.96. The van der Waals surface area contributed by atoms with Gasteiger partial charge in [0.05, 0.1) is 4.90 Å². The topological polar surface area (TPSA) is 52.7 Å². The summed E-state index contributed by atoms with van der Waals surface area (Å²) in [7, 11) is 0.338. The van der Waals surface area contributed by atoms with Crippen molar-refractivity contribution in [3.05, 3.63) is 94.5 Å². The molecule has 0 aromatic heterocycles. The summed E-state index contributed by atoms with van der Waals surface area (Å²) >= 11 is 6.02. The minimum absolute atomic E-state index is 0.0893. The van der Waals surface area contributed by atoms with Crippen molar-refractivity contribution in [2.45, 2.75) is 23.9 Å².